The summed E-state index contributed by atoms with van der Waals surface area (Å²) in [4.78, 5) is 27.8. The highest BCUT2D eigenvalue weighted by atomic mass is 16.5. The fraction of sp³-hybridized carbons (Fsp3) is 0.167. The maximum absolute atomic E-state index is 12.1. The second-order valence-corrected chi connectivity index (χ2v) is 5.39. The Morgan fingerprint density at radius 3 is 2.61 bits per heavy atom. The maximum Gasteiger partial charge on any atom is 0.258 e. The van der Waals surface area contributed by atoms with Gasteiger partial charge in [0.1, 0.15) is 18.0 Å². The van der Waals surface area contributed by atoms with Crippen LogP contribution in [0.3, 0.4) is 0 Å². The lowest BCUT2D eigenvalue weighted by molar-refractivity contribution is 0.101. The summed E-state index contributed by atoms with van der Waals surface area (Å²) >= 11 is 0. The minimum Gasteiger partial charge on any atom is -0.487 e. The fourth-order valence-corrected chi connectivity index (χ4v) is 2.27. The lowest BCUT2D eigenvalue weighted by Crippen LogP contribution is -2.16. The molecule has 0 aliphatic carbocycles. The number of Topliss-reactive ketones (excluding diaryl/α,β-unsaturated/α-hetero) is 1. The monoisotopic (exact) mass is 308 g/mol. The largest absolute Gasteiger partial charge is 0.487 e. The SMILES string of the molecule is CC(=O)c1ccc(OCc2cc(=O)n3ccc(C)cc3n2)cc1. The van der Waals surface area contributed by atoms with Crippen molar-refractivity contribution in [3.8, 4) is 5.75 Å². The lowest BCUT2D eigenvalue weighted by Gasteiger charge is -2.08. The number of hydrogen-bond donors (Lipinski definition) is 0. The molecule has 0 bridgehead atoms. The summed E-state index contributed by atoms with van der Waals surface area (Å²) in [7, 11) is 0. The minimum absolute atomic E-state index is 0.0103. The molecule has 0 radical (unpaired) electrons. The third-order valence-electron chi connectivity index (χ3n) is 3.52. The van der Waals surface area contributed by atoms with Gasteiger partial charge in [-0.2, -0.15) is 0 Å². The summed E-state index contributed by atoms with van der Waals surface area (Å²) < 4.78 is 7.14. The van der Waals surface area contributed by atoms with Gasteiger partial charge >= 0.3 is 0 Å². The van der Waals surface area contributed by atoms with E-state index >= 15 is 0 Å². The molecule has 0 aliphatic rings. The van der Waals surface area contributed by atoms with Gasteiger partial charge in [-0.05, 0) is 55.8 Å². The topological polar surface area (TPSA) is 60.7 Å². The molecule has 0 aliphatic heterocycles. The predicted molar refractivity (Wildman–Crippen MR) is 87.0 cm³/mol. The average Bonchev–Trinajstić information content (AvgIpc) is 2.53. The number of hydrogen-bond acceptors (Lipinski definition) is 4. The zero-order valence-corrected chi connectivity index (χ0v) is 12.9. The van der Waals surface area contributed by atoms with Crippen LogP contribution in [-0.2, 0) is 6.61 Å². The van der Waals surface area contributed by atoms with Gasteiger partial charge in [-0.15, -0.1) is 0 Å². The molecule has 2 heterocycles. The Kier molecular flexibility index (Phi) is 3.93. The molecule has 3 rings (SSSR count). The summed E-state index contributed by atoms with van der Waals surface area (Å²) in [5, 5.41) is 0. The number of aryl methyl sites for hydroxylation is 1. The Morgan fingerprint density at radius 1 is 1.17 bits per heavy atom. The van der Waals surface area contributed by atoms with E-state index in [9.17, 15) is 9.59 Å². The molecule has 5 heteroatoms. The number of carbonyl (C=O) groups excluding carboxylic acids is 1. The molecule has 1 aromatic carbocycles. The average molecular weight is 308 g/mol. The molecular formula is C18H16N2O3. The van der Waals surface area contributed by atoms with Crippen LogP contribution in [0.25, 0.3) is 5.65 Å². The second-order valence-electron chi connectivity index (χ2n) is 5.39. The lowest BCUT2D eigenvalue weighted by atomic mass is 10.1. The van der Waals surface area contributed by atoms with E-state index in [1.165, 1.54) is 17.4 Å². The van der Waals surface area contributed by atoms with E-state index in [4.69, 9.17) is 4.74 Å². The first-order valence-electron chi connectivity index (χ1n) is 7.26. The van der Waals surface area contributed by atoms with Crippen molar-refractivity contribution in [1.29, 1.82) is 0 Å². The predicted octanol–water partition coefficient (Wildman–Crippen LogP) is 2.78. The summed E-state index contributed by atoms with van der Waals surface area (Å²) in [5.74, 6) is 0.636. The quantitative estimate of drug-likeness (QED) is 0.695. The van der Waals surface area contributed by atoms with Gasteiger partial charge < -0.3 is 4.74 Å². The van der Waals surface area contributed by atoms with Crippen LogP contribution >= 0.6 is 0 Å². The fourth-order valence-electron chi connectivity index (χ4n) is 2.27. The van der Waals surface area contributed by atoms with Crippen molar-refractivity contribution in [2.75, 3.05) is 0 Å². The van der Waals surface area contributed by atoms with Gasteiger partial charge in [-0.25, -0.2) is 4.98 Å². The van der Waals surface area contributed by atoms with Gasteiger partial charge in [0.05, 0.1) is 5.69 Å². The molecule has 0 saturated heterocycles. The molecule has 3 aromatic rings. The Labute approximate surface area is 133 Å². The number of aromatic nitrogens is 2. The number of fused-ring (bicyclic) bond motifs is 1. The third kappa shape index (κ3) is 3.29. The normalized spacial score (nSPS) is 10.7. The van der Waals surface area contributed by atoms with Gasteiger partial charge in [0.25, 0.3) is 5.56 Å². The molecule has 0 unspecified atom stereocenters. The van der Waals surface area contributed by atoms with Crippen LogP contribution < -0.4 is 10.3 Å². The van der Waals surface area contributed by atoms with Gasteiger partial charge in [-0.3, -0.25) is 14.0 Å². The number of benzene rings is 1. The molecule has 2 aromatic heterocycles. The van der Waals surface area contributed by atoms with Crippen molar-refractivity contribution in [2.45, 2.75) is 20.5 Å². The summed E-state index contributed by atoms with van der Waals surface area (Å²) in [6.07, 6.45) is 1.71. The molecule has 0 spiro atoms. The first kappa shape index (κ1) is 15.0. The van der Waals surface area contributed by atoms with Crippen LogP contribution in [0.5, 0.6) is 5.75 Å². The van der Waals surface area contributed by atoms with Gasteiger partial charge in [0, 0.05) is 17.8 Å². The Hall–Kier alpha value is -2.95. The first-order valence-corrected chi connectivity index (χ1v) is 7.26. The van der Waals surface area contributed by atoms with E-state index in [2.05, 4.69) is 4.98 Å². The van der Waals surface area contributed by atoms with Crippen molar-refractivity contribution in [1.82, 2.24) is 9.38 Å². The van der Waals surface area contributed by atoms with Crippen LogP contribution in [0, 0.1) is 6.92 Å². The molecule has 0 saturated carbocycles. The number of carbonyl (C=O) groups is 1. The molecule has 5 nitrogen and oxygen atoms in total. The van der Waals surface area contributed by atoms with Crippen LogP contribution in [0.1, 0.15) is 28.5 Å². The Bertz CT molecular complexity index is 927. The number of ketones is 1. The van der Waals surface area contributed by atoms with Crippen LogP contribution in [0.2, 0.25) is 0 Å². The van der Waals surface area contributed by atoms with Crippen molar-refractivity contribution in [3.63, 3.8) is 0 Å². The number of ether oxygens (including phenoxy) is 1. The molecule has 0 atom stereocenters. The zero-order valence-electron chi connectivity index (χ0n) is 12.9. The Balaban J connectivity index is 1.81. The molecule has 0 fully saturated rings. The summed E-state index contributed by atoms with van der Waals surface area (Å²) in [6, 6.07) is 12.1. The van der Waals surface area contributed by atoms with E-state index < -0.39 is 0 Å². The zero-order chi connectivity index (χ0) is 16.4. The second kappa shape index (κ2) is 6.04. The summed E-state index contributed by atoms with van der Waals surface area (Å²) in [5.41, 5.74) is 2.70. The van der Waals surface area contributed by atoms with E-state index in [0.29, 0.717) is 22.7 Å². The summed E-state index contributed by atoms with van der Waals surface area (Å²) in [6.45, 7) is 3.66. The Morgan fingerprint density at radius 2 is 1.91 bits per heavy atom. The molecule has 116 valence electrons. The van der Waals surface area contributed by atoms with Gasteiger partial charge in [0.15, 0.2) is 5.78 Å². The smallest absolute Gasteiger partial charge is 0.258 e. The van der Waals surface area contributed by atoms with Crippen LogP contribution in [0.4, 0.5) is 0 Å². The van der Waals surface area contributed by atoms with E-state index in [-0.39, 0.29) is 17.9 Å². The van der Waals surface area contributed by atoms with Crippen molar-refractivity contribution in [2.24, 2.45) is 0 Å². The minimum atomic E-state index is -0.138. The highest BCUT2D eigenvalue weighted by Gasteiger charge is 2.04. The highest BCUT2D eigenvalue weighted by Crippen LogP contribution is 2.14. The number of nitrogens with zero attached hydrogens (tertiary/aromatic N) is 2. The molecule has 0 N–H and O–H groups in total. The number of rotatable bonds is 4. The first-order chi connectivity index (χ1) is 11.0. The van der Waals surface area contributed by atoms with Crippen molar-refractivity contribution >= 4 is 11.4 Å². The molecule has 23 heavy (non-hydrogen) atoms. The molecular weight excluding hydrogens is 292 g/mol. The van der Waals surface area contributed by atoms with E-state index in [1.807, 2.05) is 19.1 Å². The van der Waals surface area contributed by atoms with Gasteiger partial charge in [0.2, 0.25) is 0 Å². The van der Waals surface area contributed by atoms with Gasteiger partial charge in [-0.1, -0.05) is 0 Å². The highest BCUT2D eigenvalue weighted by molar-refractivity contribution is 5.94. The van der Waals surface area contributed by atoms with E-state index in [0.717, 1.165) is 5.56 Å². The van der Waals surface area contributed by atoms with Crippen molar-refractivity contribution in [3.05, 3.63) is 75.8 Å². The third-order valence-corrected chi connectivity index (χ3v) is 3.52. The van der Waals surface area contributed by atoms with Crippen molar-refractivity contribution < 1.29 is 9.53 Å². The van der Waals surface area contributed by atoms with E-state index in [1.54, 1.807) is 30.5 Å². The van der Waals surface area contributed by atoms with Crippen LogP contribution in [-0.4, -0.2) is 15.2 Å². The molecule has 0 amide bonds. The van der Waals surface area contributed by atoms with Crippen LogP contribution in [0.15, 0.2) is 53.5 Å². The maximum atomic E-state index is 12.1. The number of pyridine rings is 1. The standard InChI is InChI=1S/C18H16N2O3/c1-12-7-8-20-17(9-12)19-15(10-18(20)22)11-23-16-5-3-14(4-6-16)13(2)21/h3-10H,11H2,1-2H3.